The Hall–Kier alpha value is -0.610. The van der Waals surface area contributed by atoms with E-state index < -0.39 is 0 Å². The van der Waals surface area contributed by atoms with Crippen molar-refractivity contribution in [3.63, 3.8) is 0 Å². The quantitative estimate of drug-likeness (QED) is 0.769. The van der Waals surface area contributed by atoms with Crippen molar-refractivity contribution >= 4 is 5.91 Å². The number of amides is 1. The molecule has 3 N–H and O–H groups in total. The minimum atomic E-state index is -0.323. The van der Waals surface area contributed by atoms with Crippen LogP contribution in [0.2, 0.25) is 0 Å². The van der Waals surface area contributed by atoms with Gasteiger partial charge in [0.2, 0.25) is 5.91 Å². The van der Waals surface area contributed by atoms with E-state index in [0.717, 1.165) is 25.7 Å². The van der Waals surface area contributed by atoms with Crippen molar-refractivity contribution in [3.8, 4) is 0 Å². The number of methoxy groups -OCH3 is 1. The number of hydrogen-bond acceptors (Lipinski definition) is 3. The highest BCUT2D eigenvalue weighted by Gasteiger charge is 2.31. The molecule has 1 fully saturated rings. The van der Waals surface area contributed by atoms with Gasteiger partial charge in [0.25, 0.3) is 0 Å². The van der Waals surface area contributed by atoms with Gasteiger partial charge in [0.05, 0.1) is 12.1 Å². The molecule has 0 unspecified atom stereocenters. The van der Waals surface area contributed by atoms with E-state index in [2.05, 4.69) is 5.32 Å². The van der Waals surface area contributed by atoms with Gasteiger partial charge in [-0.2, -0.15) is 0 Å². The van der Waals surface area contributed by atoms with Crippen molar-refractivity contribution in [2.24, 2.45) is 5.73 Å². The number of carbonyl (C=O) groups is 1. The van der Waals surface area contributed by atoms with Gasteiger partial charge in [0.15, 0.2) is 0 Å². The van der Waals surface area contributed by atoms with Crippen LogP contribution in [-0.4, -0.2) is 30.7 Å². The van der Waals surface area contributed by atoms with E-state index in [4.69, 9.17) is 10.5 Å². The maximum atomic E-state index is 12.0. The van der Waals surface area contributed by atoms with Crippen LogP contribution in [0.4, 0.5) is 0 Å². The average molecular weight is 242 g/mol. The number of hydrogen-bond donors (Lipinski definition) is 2. The molecule has 4 heteroatoms. The molecule has 0 aromatic carbocycles. The van der Waals surface area contributed by atoms with Crippen LogP contribution in [0.15, 0.2) is 0 Å². The molecule has 100 valence electrons. The fourth-order valence-corrected chi connectivity index (χ4v) is 2.57. The van der Waals surface area contributed by atoms with E-state index in [1.807, 2.05) is 13.8 Å². The maximum Gasteiger partial charge on any atom is 0.222 e. The Bertz CT molecular complexity index is 258. The Morgan fingerprint density at radius 3 is 2.47 bits per heavy atom. The van der Waals surface area contributed by atoms with Crippen LogP contribution in [-0.2, 0) is 9.53 Å². The summed E-state index contributed by atoms with van der Waals surface area (Å²) >= 11 is 0. The summed E-state index contributed by atoms with van der Waals surface area (Å²) in [6.45, 7) is 4.42. The van der Waals surface area contributed by atoms with E-state index >= 15 is 0 Å². The largest absolute Gasteiger partial charge is 0.382 e. The average Bonchev–Trinajstić information content (AvgIpc) is 2.15. The van der Waals surface area contributed by atoms with Crippen LogP contribution in [0.5, 0.6) is 0 Å². The Morgan fingerprint density at radius 1 is 1.35 bits per heavy atom. The van der Waals surface area contributed by atoms with Crippen molar-refractivity contribution in [1.82, 2.24) is 5.32 Å². The van der Waals surface area contributed by atoms with Gasteiger partial charge in [-0.05, 0) is 26.7 Å². The molecule has 1 rings (SSSR count). The summed E-state index contributed by atoms with van der Waals surface area (Å²) < 4.78 is 5.08. The van der Waals surface area contributed by atoms with E-state index in [9.17, 15) is 4.79 Å². The van der Waals surface area contributed by atoms with Crippen molar-refractivity contribution in [3.05, 3.63) is 0 Å². The highest BCUT2D eigenvalue weighted by molar-refractivity contribution is 5.78. The summed E-state index contributed by atoms with van der Waals surface area (Å²) in [5, 5.41) is 2.99. The third kappa shape index (κ3) is 5.04. The predicted molar refractivity (Wildman–Crippen MR) is 68.7 cm³/mol. The van der Waals surface area contributed by atoms with Gasteiger partial charge in [-0.1, -0.05) is 19.3 Å². The maximum absolute atomic E-state index is 12.0. The number of nitrogens with one attached hydrogen (secondary N) is 1. The fourth-order valence-electron chi connectivity index (χ4n) is 2.57. The van der Waals surface area contributed by atoms with Gasteiger partial charge in [-0.3, -0.25) is 4.79 Å². The van der Waals surface area contributed by atoms with E-state index in [0.29, 0.717) is 13.0 Å². The first-order valence-corrected chi connectivity index (χ1v) is 6.46. The third-order valence-electron chi connectivity index (χ3n) is 3.34. The smallest absolute Gasteiger partial charge is 0.222 e. The molecule has 17 heavy (non-hydrogen) atoms. The van der Waals surface area contributed by atoms with Gasteiger partial charge < -0.3 is 15.8 Å². The zero-order chi connectivity index (χ0) is 12.9. The standard InChI is InChI=1S/C13H26N2O2/c1-12(2,10-17-3)15-11(16)9-13(14)7-5-4-6-8-13/h4-10,14H2,1-3H3,(H,15,16). The van der Waals surface area contributed by atoms with Crippen molar-refractivity contribution < 1.29 is 9.53 Å². The number of nitrogens with two attached hydrogens (primary N) is 1. The Balaban J connectivity index is 2.43. The lowest BCUT2D eigenvalue weighted by Crippen LogP contribution is -2.51. The van der Waals surface area contributed by atoms with Crippen LogP contribution in [0.1, 0.15) is 52.4 Å². The van der Waals surface area contributed by atoms with Crippen LogP contribution >= 0.6 is 0 Å². The molecule has 0 aromatic heterocycles. The summed E-state index contributed by atoms with van der Waals surface area (Å²) in [4.78, 5) is 12.0. The normalized spacial score (nSPS) is 20.0. The molecule has 0 saturated heterocycles. The Morgan fingerprint density at radius 2 is 1.94 bits per heavy atom. The monoisotopic (exact) mass is 242 g/mol. The highest BCUT2D eigenvalue weighted by atomic mass is 16.5. The second-order valence-electron chi connectivity index (χ2n) is 5.96. The van der Waals surface area contributed by atoms with Gasteiger partial charge in [0, 0.05) is 19.1 Å². The van der Waals surface area contributed by atoms with E-state index in [-0.39, 0.29) is 17.0 Å². The van der Waals surface area contributed by atoms with Crippen LogP contribution in [0.25, 0.3) is 0 Å². The summed E-state index contributed by atoms with van der Waals surface area (Å²) in [5.74, 6) is 0.0384. The second-order valence-corrected chi connectivity index (χ2v) is 5.96. The van der Waals surface area contributed by atoms with Crippen LogP contribution < -0.4 is 11.1 Å². The molecule has 1 aliphatic rings. The zero-order valence-electron chi connectivity index (χ0n) is 11.3. The minimum Gasteiger partial charge on any atom is -0.382 e. The first-order valence-electron chi connectivity index (χ1n) is 6.46. The summed E-state index contributed by atoms with van der Waals surface area (Å²) in [7, 11) is 1.64. The molecular weight excluding hydrogens is 216 g/mol. The second kappa shape index (κ2) is 5.83. The summed E-state index contributed by atoms with van der Waals surface area (Å²) in [5.41, 5.74) is 5.65. The molecule has 0 atom stereocenters. The lowest BCUT2D eigenvalue weighted by molar-refractivity contribution is -0.124. The van der Waals surface area contributed by atoms with Gasteiger partial charge in [-0.25, -0.2) is 0 Å². The molecule has 4 nitrogen and oxygen atoms in total. The highest BCUT2D eigenvalue weighted by Crippen LogP contribution is 2.28. The lowest BCUT2D eigenvalue weighted by atomic mass is 9.80. The molecule has 0 aliphatic heterocycles. The fraction of sp³-hybridized carbons (Fsp3) is 0.923. The molecular formula is C13H26N2O2. The topological polar surface area (TPSA) is 64.3 Å². The molecule has 1 amide bonds. The van der Waals surface area contributed by atoms with Crippen molar-refractivity contribution in [1.29, 1.82) is 0 Å². The summed E-state index contributed by atoms with van der Waals surface area (Å²) in [6.07, 6.45) is 5.89. The van der Waals surface area contributed by atoms with Gasteiger partial charge >= 0.3 is 0 Å². The van der Waals surface area contributed by atoms with Crippen molar-refractivity contribution in [2.45, 2.75) is 63.5 Å². The van der Waals surface area contributed by atoms with Crippen LogP contribution in [0, 0.1) is 0 Å². The number of ether oxygens (including phenoxy) is 1. The molecule has 0 spiro atoms. The van der Waals surface area contributed by atoms with E-state index in [1.54, 1.807) is 7.11 Å². The van der Waals surface area contributed by atoms with Gasteiger partial charge in [-0.15, -0.1) is 0 Å². The summed E-state index contributed by atoms with van der Waals surface area (Å²) in [6, 6.07) is 0. The number of rotatable bonds is 5. The predicted octanol–water partition coefficient (Wildman–Crippen LogP) is 1.58. The van der Waals surface area contributed by atoms with Gasteiger partial charge in [0.1, 0.15) is 0 Å². The Labute approximate surface area is 104 Å². The molecule has 1 saturated carbocycles. The Kier molecular flexibility index (Phi) is 4.95. The first-order chi connectivity index (χ1) is 7.87. The van der Waals surface area contributed by atoms with Crippen LogP contribution in [0.3, 0.4) is 0 Å². The first kappa shape index (κ1) is 14.5. The number of carbonyl (C=O) groups excluding carboxylic acids is 1. The molecule has 0 aromatic rings. The minimum absolute atomic E-state index is 0.0384. The molecule has 0 radical (unpaired) electrons. The lowest BCUT2D eigenvalue weighted by Gasteiger charge is -2.34. The van der Waals surface area contributed by atoms with Crippen molar-refractivity contribution in [2.75, 3.05) is 13.7 Å². The third-order valence-corrected chi connectivity index (χ3v) is 3.34. The molecule has 0 bridgehead atoms. The molecule has 1 aliphatic carbocycles. The molecule has 0 heterocycles. The zero-order valence-corrected chi connectivity index (χ0v) is 11.3. The van der Waals surface area contributed by atoms with E-state index in [1.165, 1.54) is 6.42 Å². The SMILES string of the molecule is COCC(C)(C)NC(=O)CC1(N)CCCCC1.